The zero-order valence-corrected chi connectivity index (χ0v) is 15.6. The molecule has 0 radical (unpaired) electrons. The molecule has 1 unspecified atom stereocenters. The van der Waals surface area contributed by atoms with Crippen molar-refractivity contribution in [3.63, 3.8) is 0 Å². The van der Waals surface area contributed by atoms with Crippen LogP contribution in [0.15, 0.2) is 53.1 Å². The maximum absolute atomic E-state index is 12.9. The first kappa shape index (κ1) is 20.5. The van der Waals surface area contributed by atoms with Crippen LogP contribution in [0.3, 0.4) is 0 Å². The summed E-state index contributed by atoms with van der Waals surface area (Å²) in [6.45, 7) is 0.683. The highest BCUT2D eigenvalue weighted by molar-refractivity contribution is 5.85. The molecule has 1 saturated carbocycles. The summed E-state index contributed by atoms with van der Waals surface area (Å²) in [6, 6.07) is 13.4. The topological polar surface area (TPSA) is 79.7 Å². The van der Waals surface area contributed by atoms with Crippen molar-refractivity contribution in [3.8, 4) is 0 Å². The summed E-state index contributed by atoms with van der Waals surface area (Å²) in [5.74, 6) is 0.756. The van der Waals surface area contributed by atoms with Gasteiger partial charge in [-0.05, 0) is 36.5 Å². The fourth-order valence-corrected chi connectivity index (χ4v) is 3.51. The molecule has 26 heavy (non-hydrogen) atoms. The molecule has 0 saturated heterocycles. The quantitative estimate of drug-likeness (QED) is 0.774. The minimum absolute atomic E-state index is 0. The highest BCUT2D eigenvalue weighted by Crippen LogP contribution is 2.28. The lowest BCUT2D eigenvalue weighted by Crippen LogP contribution is -2.37. The first-order chi connectivity index (χ1) is 12.1. The molecule has 1 fully saturated rings. The number of amides is 1. The summed E-state index contributed by atoms with van der Waals surface area (Å²) in [7, 11) is 0. The molecule has 1 aromatic heterocycles. The van der Waals surface area contributed by atoms with Crippen LogP contribution in [-0.4, -0.2) is 28.5 Å². The van der Waals surface area contributed by atoms with Gasteiger partial charge in [0.15, 0.2) is 0 Å². The summed E-state index contributed by atoms with van der Waals surface area (Å²) in [6.07, 6.45) is 4.23. The number of aliphatic hydroxyl groups excluding tert-OH is 1. The van der Waals surface area contributed by atoms with Gasteiger partial charge in [-0.1, -0.05) is 36.8 Å². The third kappa shape index (κ3) is 5.34. The maximum atomic E-state index is 12.9. The summed E-state index contributed by atoms with van der Waals surface area (Å²) >= 11 is 0. The predicted molar refractivity (Wildman–Crippen MR) is 103 cm³/mol. The Morgan fingerprint density at radius 1 is 1.23 bits per heavy atom. The molecular formula is C20H27ClN2O3. The van der Waals surface area contributed by atoms with Crippen LogP contribution < -0.4 is 5.73 Å². The van der Waals surface area contributed by atoms with Crippen LogP contribution in [0.1, 0.15) is 43.1 Å². The standard InChI is InChI=1S/C20H26N2O3.ClH/c21-17-9-4-8-16(17)12-20(24)22(13-15-6-2-1-3-7-15)14-18(23)19-10-5-11-25-19;/h1-3,5-7,10-11,16-18,23H,4,8-9,12-14,21H2;1H/t16-,17+,18?;/m0./s1. The van der Waals surface area contributed by atoms with Crippen LogP contribution in [0.4, 0.5) is 0 Å². The largest absolute Gasteiger partial charge is 0.467 e. The molecule has 1 heterocycles. The van der Waals surface area contributed by atoms with Gasteiger partial charge in [-0.3, -0.25) is 4.79 Å². The van der Waals surface area contributed by atoms with Crippen LogP contribution in [0, 0.1) is 5.92 Å². The van der Waals surface area contributed by atoms with Crippen molar-refractivity contribution >= 4 is 18.3 Å². The number of carbonyl (C=O) groups excluding carboxylic acids is 1. The lowest BCUT2D eigenvalue weighted by atomic mass is 9.99. The van der Waals surface area contributed by atoms with Gasteiger partial charge in [-0.15, -0.1) is 12.4 Å². The van der Waals surface area contributed by atoms with Gasteiger partial charge in [0.1, 0.15) is 11.9 Å². The summed E-state index contributed by atoms with van der Waals surface area (Å²) in [5.41, 5.74) is 7.16. The summed E-state index contributed by atoms with van der Waals surface area (Å²) in [5, 5.41) is 10.4. The third-order valence-electron chi connectivity index (χ3n) is 4.99. The molecule has 3 rings (SSSR count). The van der Waals surface area contributed by atoms with Gasteiger partial charge in [0.05, 0.1) is 12.8 Å². The molecule has 1 aliphatic carbocycles. The Morgan fingerprint density at radius 3 is 2.62 bits per heavy atom. The number of hydrogen-bond acceptors (Lipinski definition) is 4. The van der Waals surface area contributed by atoms with Crippen molar-refractivity contribution in [1.82, 2.24) is 4.90 Å². The first-order valence-electron chi connectivity index (χ1n) is 8.92. The molecule has 0 aliphatic heterocycles. The number of hydrogen-bond donors (Lipinski definition) is 2. The van der Waals surface area contributed by atoms with Crippen LogP contribution in [-0.2, 0) is 11.3 Å². The third-order valence-corrected chi connectivity index (χ3v) is 4.99. The van der Waals surface area contributed by atoms with Gasteiger partial charge in [0.25, 0.3) is 0 Å². The fraction of sp³-hybridized carbons (Fsp3) is 0.450. The molecule has 1 amide bonds. The highest BCUT2D eigenvalue weighted by Gasteiger charge is 2.29. The molecule has 0 spiro atoms. The normalized spacial score (nSPS) is 20.4. The average Bonchev–Trinajstić information content (AvgIpc) is 3.28. The van der Waals surface area contributed by atoms with Crippen LogP contribution >= 0.6 is 12.4 Å². The van der Waals surface area contributed by atoms with E-state index < -0.39 is 6.10 Å². The molecule has 2 aromatic rings. The Hall–Kier alpha value is -1.82. The molecular weight excluding hydrogens is 352 g/mol. The van der Waals surface area contributed by atoms with E-state index in [9.17, 15) is 9.90 Å². The van der Waals surface area contributed by atoms with Gasteiger partial charge >= 0.3 is 0 Å². The Kier molecular flexibility index (Phi) is 7.69. The maximum Gasteiger partial charge on any atom is 0.223 e. The zero-order chi connectivity index (χ0) is 17.6. The molecule has 3 atom stereocenters. The minimum atomic E-state index is -0.833. The van der Waals surface area contributed by atoms with Crippen molar-refractivity contribution in [3.05, 3.63) is 60.1 Å². The average molecular weight is 379 g/mol. The first-order valence-corrected chi connectivity index (χ1v) is 8.92. The molecule has 142 valence electrons. The van der Waals surface area contributed by atoms with E-state index in [0.717, 1.165) is 24.8 Å². The van der Waals surface area contributed by atoms with E-state index in [1.165, 1.54) is 6.26 Å². The van der Waals surface area contributed by atoms with Gasteiger partial charge in [-0.2, -0.15) is 0 Å². The SMILES string of the molecule is Cl.N[C@@H]1CCC[C@H]1CC(=O)N(Cc1ccccc1)CC(O)c1ccco1. The van der Waals surface area contributed by atoms with Gasteiger partial charge in [-0.25, -0.2) is 0 Å². The van der Waals surface area contributed by atoms with Gasteiger partial charge in [0.2, 0.25) is 5.91 Å². The lowest BCUT2D eigenvalue weighted by molar-refractivity contribution is -0.134. The number of carbonyl (C=O) groups is 1. The van der Waals surface area contributed by atoms with Gasteiger partial charge in [0, 0.05) is 19.0 Å². The minimum Gasteiger partial charge on any atom is -0.467 e. The molecule has 1 aliphatic rings. The summed E-state index contributed by atoms with van der Waals surface area (Å²) in [4.78, 5) is 14.6. The zero-order valence-electron chi connectivity index (χ0n) is 14.8. The van der Waals surface area contributed by atoms with Crippen molar-refractivity contribution in [2.24, 2.45) is 11.7 Å². The fourth-order valence-electron chi connectivity index (χ4n) is 3.51. The lowest BCUT2D eigenvalue weighted by Gasteiger charge is -2.27. The van der Waals surface area contributed by atoms with E-state index in [2.05, 4.69) is 0 Å². The predicted octanol–water partition coefficient (Wildman–Crippen LogP) is 3.28. The second kappa shape index (κ2) is 9.76. The number of furan rings is 1. The molecule has 5 nitrogen and oxygen atoms in total. The molecule has 1 aromatic carbocycles. The van der Waals surface area contributed by atoms with Gasteiger partial charge < -0.3 is 20.2 Å². The monoisotopic (exact) mass is 378 g/mol. The number of nitrogens with zero attached hydrogens (tertiary/aromatic N) is 1. The van der Waals surface area contributed by atoms with E-state index in [0.29, 0.717) is 18.7 Å². The Bertz CT molecular complexity index is 663. The smallest absolute Gasteiger partial charge is 0.223 e. The highest BCUT2D eigenvalue weighted by atomic mass is 35.5. The number of rotatable bonds is 7. The number of benzene rings is 1. The van der Waals surface area contributed by atoms with E-state index in [4.69, 9.17) is 10.2 Å². The van der Waals surface area contributed by atoms with E-state index >= 15 is 0 Å². The number of aliphatic hydroxyl groups is 1. The molecule has 3 N–H and O–H groups in total. The molecule has 6 heteroatoms. The molecule has 0 bridgehead atoms. The van der Waals surface area contributed by atoms with Crippen LogP contribution in [0.5, 0.6) is 0 Å². The number of halogens is 1. The second-order valence-corrected chi connectivity index (χ2v) is 6.85. The Balaban J connectivity index is 0.00000243. The summed E-state index contributed by atoms with van der Waals surface area (Å²) < 4.78 is 5.27. The van der Waals surface area contributed by atoms with E-state index in [1.807, 2.05) is 30.3 Å². The Labute approximate surface area is 160 Å². The number of nitrogens with two attached hydrogens (primary N) is 1. The van der Waals surface area contributed by atoms with Crippen LogP contribution in [0.2, 0.25) is 0 Å². The van der Waals surface area contributed by atoms with E-state index in [1.54, 1.807) is 17.0 Å². The van der Waals surface area contributed by atoms with Crippen LogP contribution in [0.25, 0.3) is 0 Å². The Morgan fingerprint density at radius 2 is 2.00 bits per heavy atom. The van der Waals surface area contributed by atoms with E-state index in [-0.39, 0.29) is 36.8 Å². The van der Waals surface area contributed by atoms with Crippen molar-refractivity contribution in [2.75, 3.05) is 6.54 Å². The van der Waals surface area contributed by atoms with Crippen molar-refractivity contribution < 1.29 is 14.3 Å². The second-order valence-electron chi connectivity index (χ2n) is 6.85. The van der Waals surface area contributed by atoms with Crippen molar-refractivity contribution in [2.45, 2.75) is 44.4 Å². The van der Waals surface area contributed by atoms with Crippen molar-refractivity contribution in [1.29, 1.82) is 0 Å².